The average Bonchev–Trinajstić information content (AvgIpc) is 2.44. The molecule has 0 saturated heterocycles. The van der Waals surface area contributed by atoms with Gasteiger partial charge in [0.05, 0.1) is 0 Å². The van der Waals surface area contributed by atoms with Gasteiger partial charge in [-0.2, -0.15) is 0 Å². The summed E-state index contributed by atoms with van der Waals surface area (Å²) in [4.78, 5) is 0. The van der Waals surface area contributed by atoms with Crippen molar-refractivity contribution in [1.29, 1.82) is 0 Å². The number of benzene rings is 2. The molecule has 0 aliphatic heterocycles. The summed E-state index contributed by atoms with van der Waals surface area (Å²) in [6.45, 7) is 2.78. The summed E-state index contributed by atoms with van der Waals surface area (Å²) in [5.74, 6) is -1.06. The van der Waals surface area contributed by atoms with E-state index in [4.69, 9.17) is 11.6 Å². The molecule has 1 atom stereocenters. The molecular weight excluding hydrogens is 292 g/mol. The predicted molar refractivity (Wildman–Crippen MR) is 82.7 cm³/mol. The first-order chi connectivity index (χ1) is 10.1. The molecule has 1 nitrogen and oxygen atoms in total. The summed E-state index contributed by atoms with van der Waals surface area (Å²) in [5, 5.41) is 4.04. The molecule has 0 amide bonds. The molecule has 0 aliphatic carbocycles. The quantitative estimate of drug-likeness (QED) is 0.835. The zero-order valence-electron chi connectivity index (χ0n) is 11.9. The lowest BCUT2D eigenvalue weighted by Crippen LogP contribution is -2.33. The van der Waals surface area contributed by atoms with E-state index in [1.807, 2.05) is 31.2 Å². The molecule has 2 rings (SSSR count). The van der Waals surface area contributed by atoms with E-state index in [-0.39, 0.29) is 6.04 Å². The van der Waals surface area contributed by atoms with E-state index in [0.29, 0.717) is 23.4 Å². The molecule has 0 aliphatic rings. The lowest BCUT2D eigenvalue weighted by molar-refractivity contribution is 0.502. The Balaban J connectivity index is 2.14. The van der Waals surface area contributed by atoms with Crippen LogP contribution in [0, 0.1) is 11.6 Å². The smallest absolute Gasteiger partial charge is 0.129 e. The largest absolute Gasteiger partial charge is 0.314 e. The fraction of sp³-hybridized carbons (Fsp3) is 0.294. The second-order valence-corrected chi connectivity index (χ2v) is 5.40. The molecule has 0 bridgehead atoms. The highest BCUT2D eigenvalue weighted by Crippen LogP contribution is 2.19. The van der Waals surface area contributed by atoms with Crippen molar-refractivity contribution in [1.82, 2.24) is 5.32 Å². The Kier molecular flexibility index (Phi) is 5.71. The molecule has 112 valence electrons. The Bertz CT molecular complexity index is 601. The number of hydrogen-bond acceptors (Lipinski definition) is 1. The second-order valence-electron chi connectivity index (χ2n) is 4.99. The molecule has 1 unspecified atom stereocenters. The van der Waals surface area contributed by atoms with Crippen molar-refractivity contribution in [3.63, 3.8) is 0 Å². The molecule has 2 aromatic rings. The van der Waals surface area contributed by atoms with Crippen molar-refractivity contribution >= 4 is 11.6 Å². The molecule has 2 aromatic carbocycles. The molecular formula is C17H18ClF2N. The highest BCUT2D eigenvalue weighted by molar-refractivity contribution is 6.31. The van der Waals surface area contributed by atoms with Crippen LogP contribution in [0.5, 0.6) is 0 Å². The Morgan fingerprint density at radius 1 is 1.05 bits per heavy atom. The lowest BCUT2D eigenvalue weighted by Gasteiger charge is -2.19. The second kappa shape index (κ2) is 7.53. The summed E-state index contributed by atoms with van der Waals surface area (Å²) in [5.41, 5.74) is 1.53. The fourth-order valence-corrected chi connectivity index (χ4v) is 2.60. The van der Waals surface area contributed by atoms with Crippen molar-refractivity contribution in [3.05, 3.63) is 70.2 Å². The maximum absolute atomic E-state index is 13.8. The van der Waals surface area contributed by atoms with Crippen LogP contribution in [0.15, 0.2) is 42.5 Å². The van der Waals surface area contributed by atoms with E-state index >= 15 is 0 Å². The van der Waals surface area contributed by atoms with Gasteiger partial charge in [0.25, 0.3) is 0 Å². The van der Waals surface area contributed by atoms with Gasteiger partial charge in [-0.25, -0.2) is 8.78 Å². The third-order valence-electron chi connectivity index (χ3n) is 3.40. The number of rotatable bonds is 6. The summed E-state index contributed by atoms with van der Waals surface area (Å²) in [7, 11) is 0. The number of halogens is 3. The number of nitrogens with one attached hydrogen (secondary N) is 1. The van der Waals surface area contributed by atoms with E-state index in [1.165, 1.54) is 12.1 Å². The Labute approximate surface area is 128 Å². The number of likely N-dealkylation sites (N-methyl/N-ethyl adjacent to an activating group) is 1. The van der Waals surface area contributed by atoms with Crippen LogP contribution < -0.4 is 5.32 Å². The zero-order valence-corrected chi connectivity index (χ0v) is 12.6. The normalized spacial score (nSPS) is 12.4. The predicted octanol–water partition coefficient (Wildman–Crippen LogP) is 4.38. The molecule has 0 aromatic heterocycles. The molecule has 4 heteroatoms. The van der Waals surface area contributed by atoms with Crippen molar-refractivity contribution in [3.8, 4) is 0 Å². The van der Waals surface area contributed by atoms with Gasteiger partial charge in [-0.05, 0) is 42.6 Å². The third kappa shape index (κ3) is 4.51. The highest BCUT2D eigenvalue weighted by atomic mass is 35.5. The summed E-state index contributed by atoms with van der Waals surface area (Å²) in [6, 6.07) is 11.4. The molecule has 0 spiro atoms. The first-order valence-electron chi connectivity index (χ1n) is 7.01. The van der Waals surface area contributed by atoms with Crippen molar-refractivity contribution in [2.45, 2.75) is 25.8 Å². The van der Waals surface area contributed by atoms with Gasteiger partial charge in [-0.1, -0.05) is 42.8 Å². The van der Waals surface area contributed by atoms with Crippen LogP contribution in [-0.2, 0) is 12.8 Å². The monoisotopic (exact) mass is 309 g/mol. The van der Waals surface area contributed by atoms with Crippen molar-refractivity contribution in [2.24, 2.45) is 0 Å². The topological polar surface area (TPSA) is 12.0 Å². The molecule has 0 heterocycles. The van der Waals surface area contributed by atoms with E-state index in [9.17, 15) is 8.78 Å². The van der Waals surface area contributed by atoms with Crippen LogP contribution in [0.25, 0.3) is 0 Å². The van der Waals surface area contributed by atoms with Gasteiger partial charge in [-0.3, -0.25) is 0 Å². The minimum Gasteiger partial charge on any atom is -0.314 e. The van der Waals surface area contributed by atoms with Gasteiger partial charge in [0.2, 0.25) is 0 Å². The SMILES string of the molecule is CCNC(Cc1ccc(F)cc1F)Cc1ccccc1Cl. The van der Waals surface area contributed by atoms with E-state index < -0.39 is 11.6 Å². The van der Waals surface area contributed by atoms with Crippen molar-refractivity contribution < 1.29 is 8.78 Å². The van der Waals surface area contributed by atoms with Gasteiger partial charge in [0.1, 0.15) is 11.6 Å². The summed E-state index contributed by atoms with van der Waals surface area (Å²) in [6.07, 6.45) is 1.19. The van der Waals surface area contributed by atoms with E-state index in [2.05, 4.69) is 5.32 Å². The molecule has 0 saturated carbocycles. The maximum atomic E-state index is 13.8. The van der Waals surface area contributed by atoms with E-state index in [1.54, 1.807) is 0 Å². The minimum absolute atomic E-state index is 0.0508. The third-order valence-corrected chi connectivity index (χ3v) is 3.77. The van der Waals surface area contributed by atoms with Gasteiger partial charge in [0.15, 0.2) is 0 Å². The van der Waals surface area contributed by atoms with Gasteiger partial charge < -0.3 is 5.32 Å². The van der Waals surface area contributed by atoms with Crippen LogP contribution in [-0.4, -0.2) is 12.6 Å². The zero-order chi connectivity index (χ0) is 15.2. The Hall–Kier alpha value is -1.45. The first-order valence-corrected chi connectivity index (χ1v) is 7.38. The molecule has 0 radical (unpaired) electrons. The molecule has 0 fully saturated rings. The Morgan fingerprint density at radius 3 is 2.43 bits per heavy atom. The van der Waals surface area contributed by atoms with Gasteiger partial charge >= 0.3 is 0 Å². The summed E-state index contributed by atoms with van der Waals surface area (Å²) >= 11 is 6.17. The van der Waals surface area contributed by atoms with Crippen molar-refractivity contribution in [2.75, 3.05) is 6.54 Å². The highest BCUT2D eigenvalue weighted by Gasteiger charge is 2.14. The van der Waals surface area contributed by atoms with Crippen LogP contribution in [0.4, 0.5) is 8.78 Å². The minimum atomic E-state index is -0.553. The summed E-state index contributed by atoms with van der Waals surface area (Å²) < 4.78 is 26.7. The average molecular weight is 310 g/mol. The van der Waals surface area contributed by atoms with Crippen LogP contribution in [0.1, 0.15) is 18.1 Å². The van der Waals surface area contributed by atoms with Crippen LogP contribution in [0.2, 0.25) is 5.02 Å². The fourth-order valence-electron chi connectivity index (χ4n) is 2.39. The van der Waals surface area contributed by atoms with Gasteiger partial charge in [0, 0.05) is 17.1 Å². The van der Waals surface area contributed by atoms with Crippen LogP contribution >= 0.6 is 11.6 Å². The Morgan fingerprint density at radius 2 is 1.76 bits per heavy atom. The maximum Gasteiger partial charge on any atom is 0.129 e. The lowest BCUT2D eigenvalue weighted by atomic mass is 9.98. The standard InChI is InChI=1S/C17H18ClF2N/c1-2-21-15(9-12-5-3-4-6-16(12)18)10-13-7-8-14(19)11-17(13)20/h3-8,11,15,21H,2,9-10H2,1H3. The van der Waals surface area contributed by atoms with E-state index in [0.717, 1.165) is 18.2 Å². The van der Waals surface area contributed by atoms with Gasteiger partial charge in [-0.15, -0.1) is 0 Å². The molecule has 21 heavy (non-hydrogen) atoms. The first kappa shape index (κ1) is 15.9. The van der Waals surface area contributed by atoms with Crippen LogP contribution in [0.3, 0.4) is 0 Å². The number of hydrogen-bond donors (Lipinski definition) is 1. The molecule has 1 N–H and O–H groups in total.